The molecule has 0 radical (unpaired) electrons. The van der Waals surface area contributed by atoms with Crippen molar-refractivity contribution in [3.63, 3.8) is 0 Å². The van der Waals surface area contributed by atoms with Crippen molar-refractivity contribution in [3.8, 4) is 0 Å². The molecule has 1 atom stereocenters. The average molecular weight is 263 g/mol. The molecule has 0 saturated carbocycles. The van der Waals surface area contributed by atoms with Gasteiger partial charge in [0.1, 0.15) is 11.5 Å². The third-order valence-corrected chi connectivity index (χ3v) is 3.94. The highest BCUT2D eigenvalue weighted by molar-refractivity contribution is 5.94. The maximum atomic E-state index is 12.1. The van der Waals surface area contributed by atoms with Gasteiger partial charge in [-0.15, -0.1) is 0 Å². The molecule has 0 bridgehead atoms. The predicted molar refractivity (Wildman–Crippen MR) is 71.2 cm³/mol. The van der Waals surface area contributed by atoms with E-state index >= 15 is 0 Å². The molecule has 5 nitrogen and oxygen atoms in total. The van der Waals surface area contributed by atoms with Crippen molar-refractivity contribution in [2.75, 3.05) is 19.8 Å². The van der Waals surface area contributed by atoms with E-state index in [0.717, 1.165) is 37.4 Å². The number of aromatic nitrogens is 2. The van der Waals surface area contributed by atoms with Gasteiger partial charge < -0.3 is 15.0 Å². The molecule has 0 spiro atoms. The number of carbonyl (C=O) groups excluding carboxylic acids is 1. The number of nitrogens with zero attached hydrogens (tertiary/aromatic N) is 1. The van der Waals surface area contributed by atoms with Crippen LogP contribution in [0.3, 0.4) is 0 Å². The number of hydrogen-bond acceptors (Lipinski definition) is 3. The Labute approximate surface area is 113 Å². The molecular weight excluding hydrogens is 242 g/mol. The second-order valence-corrected chi connectivity index (χ2v) is 6.39. The third kappa shape index (κ3) is 2.52. The molecule has 2 aliphatic rings. The summed E-state index contributed by atoms with van der Waals surface area (Å²) < 4.78 is 5.50. The lowest BCUT2D eigenvalue weighted by atomic mass is 9.88. The van der Waals surface area contributed by atoms with E-state index in [1.807, 2.05) is 0 Å². The summed E-state index contributed by atoms with van der Waals surface area (Å²) in [5.74, 6) is 1.16. The molecule has 1 aromatic rings. The van der Waals surface area contributed by atoms with Gasteiger partial charge in [0.05, 0.1) is 6.61 Å². The molecule has 1 amide bonds. The highest BCUT2D eigenvalue weighted by Crippen LogP contribution is 2.29. The fourth-order valence-corrected chi connectivity index (χ4v) is 2.84. The number of hydrogen-bond donors (Lipinski definition) is 2. The van der Waals surface area contributed by atoms with E-state index < -0.39 is 0 Å². The van der Waals surface area contributed by atoms with Crippen LogP contribution in [0.5, 0.6) is 0 Å². The Bertz CT molecular complexity index is 487. The SMILES string of the molecule is CC1(C)CNC(=O)c2nc(C3CCCOC3)[nH]c2C1. The van der Waals surface area contributed by atoms with Gasteiger partial charge in [-0.3, -0.25) is 4.79 Å². The van der Waals surface area contributed by atoms with Gasteiger partial charge in [0.25, 0.3) is 5.91 Å². The van der Waals surface area contributed by atoms with Gasteiger partial charge in [-0.1, -0.05) is 13.8 Å². The summed E-state index contributed by atoms with van der Waals surface area (Å²) in [6, 6.07) is 0. The number of nitrogens with one attached hydrogen (secondary N) is 2. The van der Waals surface area contributed by atoms with Gasteiger partial charge in [-0.25, -0.2) is 4.98 Å². The van der Waals surface area contributed by atoms with E-state index in [1.54, 1.807) is 0 Å². The Balaban J connectivity index is 1.90. The van der Waals surface area contributed by atoms with Gasteiger partial charge in [0.2, 0.25) is 0 Å². The molecule has 3 rings (SSSR count). The van der Waals surface area contributed by atoms with E-state index in [1.165, 1.54) is 0 Å². The van der Waals surface area contributed by atoms with Crippen LogP contribution in [0.15, 0.2) is 0 Å². The second-order valence-electron chi connectivity index (χ2n) is 6.39. The summed E-state index contributed by atoms with van der Waals surface area (Å²) in [6.07, 6.45) is 2.99. The molecule has 5 heteroatoms. The first-order valence-electron chi connectivity index (χ1n) is 7.00. The van der Waals surface area contributed by atoms with Crippen LogP contribution in [0.4, 0.5) is 0 Å². The predicted octanol–water partition coefficient (Wildman–Crippen LogP) is 1.62. The normalized spacial score (nSPS) is 26.4. The van der Waals surface area contributed by atoms with Crippen LogP contribution in [0.25, 0.3) is 0 Å². The van der Waals surface area contributed by atoms with Gasteiger partial charge in [0.15, 0.2) is 0 Å². The van der Waals surface area contributed by atoms with E-state index in [9.17, 15) is 4.79 Å². The average Bonchev–Trinajstić information content (AvgIpc) is 2.76. The van der Waals surface area contributed by atoms with Crippen LogP contribution >= 0.6 is 0 Å². The Morgan fingerprint density at radius 2 is 2.26 bits per heavy atom. The zero-order chi connectivity index (χ0) is 13.5. The number of imidazole rings is 1. The third-order valence-electron chi connectivity index (χ3n) is 3.94. The topological polar surface area (TPSA) is 67.0 Å². The first-order valence-corrected chi connectivity index (χ1v) is 7.00. The molecule has 2 aliphatic heterocycles. The van der Waals surface area contributed by atoms with Crippen LogP contribution in [0.1, 0.15) is 54.6 Å². The van der Waals surface area contributed by atoms with Crippen molar-refractivity contribution in [1.29, 1.82) is 0 Å². The van der Waals surface area contributed by atoms with Crippen molar-refractivity contribution in [3.05, 3.63) is 17.2 Å². The molecule has 3 heterocycles. The zero-order valence-corrected chi connectivity index (χ0v) is 11.6. The fraction of sp³-hybridized carbons (Fsp3) is 0.714. The van der Waals surface area contributed by atoms with Crippen LogP contribution < -0.4 is 5.32 Å². The van der Waals surface area contributed by atoms with E-state index in [0.29, 0.717) is 24.8 Å². The molecule has 1 saturated heterocycles. The van der Waals surface area contributed by atoms with Crippen molar-refractivity contribution in [2.45, 2.75) is 39.0 Å². The molecule has 0 aromatic carbocycles. The first kappa shape index (κ1) is 12.7. The van der Waals surface area contributed by atoms with Crippen molar-refractivity contribution in [2.24, 2.45) is 5.41 Å². The zero-order valence-electron chi connectivity index (χ0n) is 11.6. The Morgan fingerprint density at radius 3 is 3.00 bits per heavy atom. The number of fused-ring (bicyclic) bond motifs is 1. The summed E-state index contributed by atoms with van der Waals surface area (Å²) in [6.45, 7) is 6.55. The van der Waals surface area contributed by atoms with Gasteiger partial charge in [0, 0.05) is 24.8 Å². The van der Waals surface area contributed by atoms with E-state index in [4.69, 9.17) is 4.74 Å². The molecule has 104 valence electrons. The summed E-state index contributed by atoms with van der Waals surface area (Å²) >= 11 is 0. The smallest absolute Gasteiger partial charge is 0.271 e. The fourth-order valence-electron chi connectivity index (χ4n) is 2.84. The minimum absolute atomic E-state index is 0.0557. The van der Waals surface area contributed by atoms with Gasteiger partial charge in [-0.05, 0) is 24.7 Å². The number of rotatable bonds is 1. The van der Waals surface area contributed by atoms with E-state index in [2.05, 4.69) is 29.1 Å². The molecule has 1 unspecified atom stereocenters. The van der Waals surface area contributed by atoms with Crippen LogP contribution in [0, 0.1) is 5.41 Å². The lowest BCUT2D eigenvalue weighted by Gasteiger charge is -2.22. The number of H-pyrrole nitrogens is 1. The molecule has 0 aliphatic carbocycles. The molecule has 1 fully saturated rings. The minimum atomic E-state index is -0.0557. The first-order chi connectivity index (χ1) is 9.05. The second kappa shape index (κ2) is 4.63. The lowest BCUT2D eigenvalue weighted by Crippen LogP contribution is -2.32. The number of ether oxygens (including phenoxy) is 1. The van der Waals surface area contributed by atoms with Crippen molar-refractivity contribution in [1.82, 2.24) is 15.3 Å². The summed E-state index contributed by atoms with van der Waals surface area (Å²) in [5, 5.41) is 2.95. The van der Waals surface area contributed by atoms with Crippen LogP contribution in [0.2, 0.25) is 0 Å². The number of amides is 1. The standard InChI is InChI=1S/C14H21N3O2/c1-14(2)6-10-11(13(18)15-8-14)17-12(16-10)9-4-3-5-19-7-9/h9H,3-8H2,1-2H3,(H,15,18)(H,16,17). The molecule has 2 N–H and O–H groups in total. The summed E-state index contributed by atoms with van der Waals surface area (Å²) in [7, 11) is 0. The highest BCUT2D eigenvalue weighted by atomic mass is 16.5. The monoisotopic (exact) mass is 263 g/mol. The largest absolute Gasteiger partial charge is 0.381 e. The van der Waals surface area contributed by atoms with Gasteiger partial charge in [-0.2, -0.15) is 0 Å². The minimum Gasteiger partial charge on any atom is -0.381 e. The van der Waals surface area contributed by atoms with Crippen molar-refractivity contribution < 1.29 is 9.53 Å². The van der Waals surface area contributed by atoms with Crippen LogP contribution in [-0.4, -0.2) is 35.6 Å². The number of carbonyl (C=O) groups is 1. The summed E-state index contributed by atoms with van der Waals surface area (Å²) in [5.41, 5.74) is 1.61. The molecule has 19 heavy (non-hydrogen) atoms. The maximum absolute atomic E-state index is 12.1. The highest BCUT2D eigenvalue weighted by Gasteiger charge is 2.31. The maximum Gasteiger partial charge on any atom is 0.271 e. The molecule has 1 aromatic heterocycles. The number of aromatic amines is 1. The molecular formula is C14H21N3O2. The quantitative estimate of drug-likeness (QED) is 0.809. The Hall–Kier alpha value is -1.36. The Kier molecular flexibility index (Phi) is 3.09. The van der Waals surface area contributed by atoms with Crippen LogP contribution in [-0.2, 0) is 11.2 Å². The summed E-state index contributed by atoms with van der Waals surface area (Å²) in [4.78, 5) is 20.0. The Morgan fingerprint density at radius 1 is 1.42 bits per heavy atom. The van der Waals surface area contributed by atoms with E-state index in [-0.39, 0.29) is 11.3 Å². The van der Waals surface area contributed by atoms with Gasteiger partial charge >= 0.3 is 0 Å². The lowest BCUT2D eigenvalue weighted by molar-refractivity contribution is 0.0780. The van der Waals surface area contributed by atoms with Crippen molar-refractivity contribution >= 4 is 5.91 Å².